The molecule has 0 radical (unpaired) electrons. The molecule has 1 heterocycles. The van der Waals surface area contributed by atoms with Gasteiger partial charge in [-0.25, -0.2) is 4.98 Å². The molecule has 1 aromatic rings. The molecule has 3 nitrogen and oxygen atoms in total. The number of rotatable bonds is 6. The van der Waals surface area contributed by atoms with Crippen molar-refractivity contribution in [2.24, 2.45) is 0 Å². The van der Waals surface area contributed by atoms with Gasteiger partial charge in [-0.2, -0.15) is 0 Å². The summed E-state index contributed by atoms with van der Waals surface area (Å²) >= 11 is 1.69. The van der Waals surface area contributed by atoms with Gasteiger partial charge in [0.1, 0.15) is 0 Å². The van der Waals surface area contributed by atoms with Gasteiger partial charge in [-0.15, -0.1) is 11.3 Å². The van der Waals surface area contributed by atoms with E-state index in [1.54, 1.807) is 11.3 Å². The number of aryl methyl sites for hydroxylation is 1. The van der Waals surface area contributed by atoms with E-state index in [0.29, 0.717) is 13.0 Å². The molecule has 1 N–H and O–H groups in total. The Balaban J connectivity index is 2.13. The summed E-state index contributed by atoms with van der Waals surface area (Å²) in [6.07, 6.45) is 5.41. The third kappa shape index (κ3) is 4.93. The molecule has 4 heteroatoms. The quantitative estimate of drug-likeness (QED) is 0.808. The third-order valence-corrected chi connectivity index (χ3v) is 3.06. The minimum atomic E-state index is 0.158. The van der Waals surface area contributed by atoms with Crippen LogP contribution in [-0.4, -0.2) is 17.4 Å². The van der Waals surface area contributed by atoms with Crippen LogP contribution in [0.2, 0.25) is 0 Å². The van der Waals surface area contributed by atoms with E-state index in [0.717, 1.165) is 24.3 Å². The van der Waals surface area contributed by atoms with E-state index in [2.05, 4.69) is 17.2 Å². The second kappa shape index (κ2) is 6.56. The van der Waals surface area contributed by atoms with Crippen molar-refractivity contribution in [3.8, 4) is 0 Å². The topological polar surface area (TPSA) is 42.0 Å². The number of unbranched alkanes of at least 4 members (excludes halogenated alkanes) is 1. The zero-order valence-corrected chi connectivity index (χ0v) is 10.2. The van der Waals surface area contributed by atoms with Crippen molar-refractivity contribution in [1.82, 2.24) is 10.3 Å². The summed E-state index contributed by atoms with van der Waals surface area (Å²) in [6.45, 7) is 4.84. The Kier molecular flexibility index (Phi) is 5.32. The molecule has 1 aromatic heterocycles. The average Bonchev–Trinajstić information content (AvgIpc) is 2.61. The van der Waals surface area contributed by atoms with E-state index >= 15 is 0 Å². The maximum atomic E-state index is 11.3. The summed E-state index contributed by atoms with van der Waals surface area (Å²) in [6, 6.07) is 0. The molecule has 0 fully saturated rings. The Morgan fingerprint density at radius 3 is 3.00 bits per heavy atom. The number of aromatic nitrogens is 1. The highest BCUT2D eigenvalue weighted by atomic mass is 32.1. The van der Waals surface area contributed by atoms with Crippen LogP contribution >= 0.6 is 11.3 Å². The first-order valence-electron chi connectivity index (χ1n) is 5.40. The zero-order valence-electron chi connectivity index (χ0n) is 9.38. The van der Waals surface area contributed by atoms with Gasteiger partial charge < -0.3 is 5.32 Å². The van der Waals surface area contributed by atoms with Gasteiger partial charge in [0.25, 0.3) is 0 Å². The first-order valence-corrected chi connectivity index (χ1v) is 6.22. The molecule has 1 amide bonds. The molecule has 0 saturated heterocycles. The summed E-state index contributed by atoms with van der Waals surface area (Å²) in [7, 11) is 0. The Hall–Kier alpha value is -0.900. The van der Waals surface area contributed by atoms with Crippen LogP contribution in [0.3, 0.4) is 0 Å². The van der Waals surface area contributed by atoms with E-state index in [-0.39, 0.29) is 5.91 Å². The lowest BCUT2D eigenvalue weighted by Crippen LogP contribution is -2.25. The number of hydrogen-bond acceptors (Lipinski definition) is 3. The van der Waals surface area contributed by atoms with Crippen LogP contribution in [0.4, 0.5) is 0 Å². The minimum absolute atomic E-state index is 0.158. The Morgan fingerprint density at radius 2 is 2.40 bits per heavy atom. The lowest BCUT2D eigenvalue weighted by atomic mass is 10.2. The Morgan fingerprint density at radius 1 is 1.60 bits per heavy atom. The third-order valence-electron chi connectivity index (χ3n) is 2.09. The van der Waals surface area contributed by atoms with Crippen LogP contribution in [0.5, 0.6) is 0 Å². The second-order valence-corrected chi connectivity index (χ2v) is 4.89. The van der Waals surface area contributed by atoms with E-state index in [1.807, 2.05) is 13.1 Å². The minimum Gasteiger partial charge on any atom is -0.356 e. The fraction of sp³-hybridized carbons (Fsp3) is 0.636. The van der Waals surface area contributed by atoms with Crippen molar-refractivity contribution in [1.29, 1.82) is 0 Å². The molecule has 0 bridgehead atoms. The number of amides is 1. The molecular formula is C11H18N2OS. The summed E-state index contributed by atoms with van der Waals surface area (Å²) < 4.78 is 0. The Bertz CT molecular complexity index is 309. The molecule has 0 aliphatic rings. The van der Waals surface area contributed by atoms with Crippen molar-refractivity contribution in [2.75, 3.05) is 6.54 Å². The van der Waals surface area contributed by atoms with Gasteiger partial charge in [-0.3, -0.25) is 4.79 Å². The zero-order chi connectivity index (χ0) is 11.1. The fourth-order valence-electron chi connectivity index (χ4n) is 1.25. The molecule has 1 rings (SSSR count). The molecule has 84 valence electrons. The Labute approximate surface area is 94.9 Å². The van der Waals surface area contributed by atoms with Crippen LogP contribution in [0.25, 0.3) is 0 Å². The second-order valence-electron chi connectivity index (χ2n) is 3.57. The van der Waals surface area contributed by atoms with Crippen molar-refractivity contribution < 1.29 is 4.79 Å². The number of carbonyl (C=O) groups excluding carboxylic acids is 1. The molecule has 0 atom stereocenters. The van der Waals surface area contributed by atoms with Gasteiger partial charge in [0.15, 0.2) is 0 Å². The first kappa shape index (κ1) is 12.2. The standard InChI is InChI=1S/C11H18N2OS/c1-3-4-5-10(14)12-7-6-11-13-8-9(2)15-11/h8H,3-7H2,1-2H3,(H,12,14). The number of nitrogens with one attached hydrogen (secondary N) is 1. The molecule has 0 aliphatic carbocycles. The lowest BCUT2D eigenvalue weighted by molar-refractivity contribution is -0.121. The monoisotopic (exact) mass is 226 g/mol. The van der Waals surface area contributed by atoms with Gasteiger partial charge in [-0.1, -0.05) is 13.3 Å². The van der Waals surface area contributed by atoms with Crippen molar-refractivity contribution in [3.63, 3.8) is 0 Å². The summed E-state index contributed by atoms with van der Waals surface area (Å²) in [5.41, 5.74) is 0. The van der Waals surface area contributed by atoms with Crippen molar-refractivity contribution in [3.05, 3.63) is 16.1 Å². The van der Waals surface area contributed by atoms with Gasteiger partial charge in [-0.05, 0) is 13.3 Å². The predicted molar refractivity (Wildman–Crippen MR) is 63.1 cm³/mol. The highest BCUT2D eigenvalue weighted by Crippen LogP contribution is 2.10. The average molecular weight is 226 g/mol. The van der Waals surface area contributed by atoms with E-state index in [9.17, 15) is 4.79 Å². The SMILES string of the molecule is CCCCC(=O)NCCc1ncc(C)s1. The molecule has 15 heavy (non-hydrogen) atoms. The van der Waals surface area contributed by atoms with Gasteiger partial charge in [0.2, 0.25) is 5.91 Å². The highest BCUT2D eigenvalue weighted by Gasteiger charge is 2.01. The van der Waals surface area contributed by atoms with Crippen LogP contribution in [0.15, 0.2) is 6.20 Å². The van der Waals surface area contributed by atoms with Crippen LogP contribution in [0, 0.1) is 6.92 Å². The smallest absolute Gasteiger partial charge is 0.220 e. The fourth-order valence-corrected chi connectivity index (χ4v) is 2.04. The molecule has 0 spiro atoms. The van der Waals surface area contributed by atoms with Crippen molar-refractivity contribution in [2.45, 2.75) is 39.5 Å². The van der Waals surface area contributed by atoms with Crippen LogP contribution in [-0.2, 0) is 11.2 Å². The summed E-state index contributed by atoms with van der Waals surface area (Å²) in [5, 5.41) is 4.00. The summed E-state index contributed by atoms with van der Waals surface area (Å²) in [4.78, 5) is 16.7. The van der Waals surface area contributed by atoms with Gasteiger partial charge in [0, 0.05) is 30.5 Å². The molecule has 0 unspecified atom stereocenters. The van der Waals surface area contributed by atoms with Gasteiger partial charge >= 0.3 is 0 Å². The normalized spacial score (nSPS) is 10.3. The maximum Gasteiger partial charge on any atom is 0.220 e. The largest absolute Gasteiger partial charge is 0.356 e. The summed E-state index contributed by atoms with van der Waals surface area (Å²) in [5.74, 6) is 0.158. The maximum absolute atomic E-state index is 11.3. The first-order chi connectivity index (χ1) is 7.22. The number of nitrogens with zero attached hydrogens (tertiary/aromatic N) is 1. The lowest BCUT2D eigenvalue weighted by Gasteiger charge is -2.02. The highest BCUT2D eigenvalue weighted by molar-refractivity contribution is 7.11. The van der Waals surface area contributed by atoms with E-state index in [1.165, 1.54) is 4.88 Å². The predicted octanol–water partition coefficient (Wildman–Crippen LogP) is 2.30. The molecule has 0 aliphatic heterocycles. The number of carbonyl (C=O) groups is 1. The number of hydrogen-bond donors (Lipinski definition) is 1. The molecule has 0 saturated carbocycles. The van der Waals surface area contributed by atoms with E-state index < -0.39 is 0 Å². The van der Waals surface area contributed by atoms with Crippen molar-refractivity contribution >= 4 is 17.2 Å². The van der Waals surface area contributed by atoms with Crippen LogP contribution in [0.1, 0.15) is 36.1 Å². The van der Waals surface area contributed by atoms with Crippen LogP contribution < -0.4 is 5.32 Å². The number of thiazole rings is 1. The molecule has 0 aromatic carbocycles. The molecular weight excluding hydrogens is 208 g/mol. The van der Waals surface area contributed by atoms with E-state index in [4.69, 9.17) is 0 Å². The van der Waals surface area contributed by atoms with Gasteiger partial charge in [0.05, 0.1) is 5.01 Å².